The number of nitrogens with zero attached hydrogens (tertiary/aromatic N) is 3. The van der Waals surface area contributed by atoms with Crippen LogP contribution in [0.5, 0.6) is 11.5 Å². The van der Waals surface area contributed by atoms with Crippen LogP contribution >= 0.6 is 23.2 Å². The minimum atomic E-state index is -4.03. The third-order valence-corrected chi connectivity index (χ3v) is 8.29. The normalized spacial score (nSPS) is 15.2. The van der Waals surface area contributed by atoms with Gasteiger partial charge in [-0.2, -0.15) is 0 Å². The Hall–Kier alpha value is -2.86. The summed E-state index contributed by atoms with van der Waals surface area (Å²) in [5, 5.41) is 11.0. The molecule has 1 aliphatic heterocycles. The third kappa shape index (κ3) is 7.87. The lowest BCUT2D eigenvalue weighted by atomic mass is 10.1. The summed E-state index contributed by atoms with van der Waals surface area (Å²) in [5.74, 6) is 0.549. The Kier molecular flexibility index (Phi) is 9.94. The van der Waals surface area contributed by atoms with E-state index in [1.165, 1.54) is 42.5 Å². The number of hydrogen-bond donors (Lipinski definition) is 2. The molecule has 12 heteroatoms. The number of carbonyl (C=O) groups excluding carboxylic acids is 1. The zero-order valence-corrected chi connectivity index (χ0v) is 24.6. The SMILES string of the molecule is CN(C)C[C@H](O)CN1CCN(C(=O)c2cc(Cl)ccc2NS(=O)(=O)c2ccc(Oc3ccccc3Cl)cc2)CC1. The van der Waals surface area contributed by atoms with Crippen LogP contribution in [0.1, 0.15) is 10.4 Å². The lowest BCUT2D eigenvalue weighted by Crippen LogP contribution is -2.51. The summed E-state index contributed by atoms with van der Waals surface area (Å²) in [5.41, 5.74) is 0.297. The fourth-order valence-corrected chi connectivity index (χ4v) is 5.83. The smallest absolute Gasteiger partial charge is 0.261 e. The molecule has 3 aromatic rings. The number of para-hydroxylation sites is 1. The number of β-amino-alcohol motifs (C(OH)–C–C–N with tert-alkyl or cyclic N) is 1. The van der Waals surface area contributed by atoms with E-state index in [2.05, 4.69) is 9.62 Å². The molecule has 0 bridgehead atoms. The molecule has 1 fully saturated rings. The van der Waals surface area contributed by atoms with Crippen molar-refractivity contribution < 1.29 is 23.1 Å². The standard InChI is InChI=1S/C28H32Cl2N4O5S/c1-32(2)18-21(35)19-33-13-15-34(16-14-33)28(36)24-17-20(29)7-12-26(24)31-40(37,38)23-10-8-22(9-11-23)39-27-6-4-3-5-25(27)30/h3-12,17,21,31,35H,13-16,18-19H2,1-2H3/t21-/m0/s1. The van der Waals surface area contributed by atoms with Crippen LogP contribution in [0.4, 0.5) is 5.69 Å². The maximum absolute atomic E-state index is 13.4. The Morgan fingerprint density at radius 3 is 2.35 bits per heavy atom. The van der Waals surface area contributed by atoms with Crippen LogP contribution in [0.3, 0.4) is 0 Å². The first-order chi connectivity index (χ1) is 19.0. The van der Waals surface area contributed by atoms with Gasteiger partial charge >= 0.3 is 0 Å². The number of benzene rings is 3. The van der Waals surface area contributed by atoms with E-state index in [1.807, 2.05) is 19.0 Å². The molecule has 1 heterocycles. The molecule has 1 saturated heterocycles. The lowest BCUT2D eigenvalue weighted by Gasteiger charge is -2.36. The number of likely N-dealkylation sites (N-methyl/N-ethyl adjacent to an activating group) is 1. The van der Waals surface area contributed by atoms with Gasteiger partial charge in [0.05, 0.1) is 27.3 Å². The van der Waals surface area contributed by atoms with E-state index in [0.717, 1.165) is 0 Å². The Labute approximate surface area is 244 Å². The van der Waals surface area contributed by atoms with Crippen molar-refractivity contribution in [2.45, 2.75) is 11.0 Å². The number of ether oxygens (including phenoxy) is 1. The Bertz CT molecular complexity index is 1430. The average Bonchev–Trinajstić information content (AvgIpc) is 2.91. The quantitative estimate of drug-likeness (QED) is 0.355. The number of rotatable bonds is 10. The molecule has 4 rings (SSSR count). The number of piperazine rings is 1. The summed E-state index contributed by atoms with van der Waals surface area (Å²) < 4.78 is 34.7. The molecule has 0 aliphatic carbocycles. The molecule has 0 saturated carbocycles. The van der Waals surface area contributed by atoms with E-state index in [4.69, 9.17) is 27.9 Å². The summed E-state index contributed by atoms with van der Waals surface area (Å²) in [6.07, 6.45) is -0.483. The first-order valence-corrected chi connectivity index (χ1v) is 14.9. The molecule has 1 atom stereocenters. The number of aliphatic hydroxyl groups is 1. The summed E-state index contributed by atoms with van der Waals surface area (Å²) in [4.78, 5) is 19.1. The predicted octanol–water partition coefficient (Wildman–Crippen LogP) is 4.27. The minimum absolute atomic E-state index is 0.00254. The number of halogens is 2. The Morgan fingerprint density at radius 2 is 1.70 bits per heavy atom. The second-order valence-electron chi connectivity index (χ2n) is 9.81. The van der Waals surface area contributed by atoms with Crippen molar-refractivity contribution in [3.05, 3.63) is 82.3 Å². The summed E-state index contributed by atoms with van der Waals surface area (Å²) in [6, 6.07) is 17.3. The number of carbonyl (C=O) groups is 1. The third-order valence-electron chi connectivity index (χ3n) is 6.36. The van der Waals surface area contributed by atoms with Crippen molar-refractivity contribution in [2.75, 3.05) is 58.1 Å². The van der Waals surface area contributed by atoms with E-state index < -0.39 is 16.1 Å². The largest absolute Gasteiger partial charge is 0.456 e. The molecule has 0 aromatic heterocycles. The highest BCUT2D eigenvalue weighted by molar-refractivity contribution is 7.92. The molecule has 40 heavy (non-hydrogen) atoms. The zero-order valence-electron chi connectivity index (χ0n) is 22.3. The van der Waals surface area contributed by atoms with Crippen molar-refractivity contribution in [3.63, 3.8) is 0 Å². The fourth-order valence-electron chi connectivity index (χ4n) is 4.41. The average molecular weight is 608 g/mol. The number of nitrogens with one attached hydrogen (secondary N) is 1. The van der Waals surface area contributed by atoms with Gasteiger partial charge in [0.2, 0.25) is 0 Å². The molecule has 0 spiro atoms. The highest BCUT2D eigenvalue weighted by atomic mass is 35.5. The molecule has 2 N–H and O–H groups in total. The number of hydrogen-bond acceptors (Lipinski definition) is 7. The maximum Gasteiger partial charge on any atom is 0.261 e. The molecule has 3 aromatic carbocycles. The van der Waals surface area contributed by atoms with E-state index in [0.29, 0.717) is 60.8 Å². The van der Waals surface area contributed by atoms with Gasteiger partial charge in [0.25, 0.3) is 15.9 Å². The van der Waals surface area contributed by atoms with Crippen molar-refractivity contribution in [2.24, 2.45) is 0 Å². The molecule has 1 amide bonds. The second kappa shape index (κ2) is 13.2. The van der Waals surface area contributed by atoms with Crippen LogP contribution in [0, 0.1) is 0 Å². The second-order valence-corrected chi connectivity index (χ2v) is 12.3. The van der Waals surface area contributed by atoms with Gasteiger partial charge in [-0.15, -0.1) is 0 Å². The van der Waals surface area contributed by atoms with Gasteiger partial charge in [-0.25, -0.2) is 8.42 Å². The molecule has 9 nitrogen and oxygen atoms in total. The predicted molar refractivity (Wildman–Crippen MR) is 157 cm³/mol. The monoisotopic (exact) mass is 606 g/mol. The van der Waals surface area contributed by atoms with Crippen LogP contribution in [0.2, 0.25) is 10.0 Å². The van der Waals surface area contributed by atoms with Gasteiger partial charge < -0.3 is 19.6 Å². The first kappa shape index (κ1) is 30.1. The minimum Gasteiger partial charge on any atom is -0.456 e. The maximum atomic E-state index is 13.4. The molecule has 214 valence electrons. The van der Waals surface area contributed by atoms with Crippen LogP contribution in [-0.2, 0) is 10.0 Å². The molecule has 0 radical (unpaired) electrons. The number of sulfonamides is 1. The van der Waals surface area contributed by atoms with E-state index >= 15 is 0 Å². The van der Waals surface area contributed by atoms with Crippen LogP contribution in [0.15, 0.2) is 71.6 Å². The molecular weight excluding hydrogens is 575 g/mol. The zero-order chi connectivity index (χ0) is 28.9. The van der Waals surface area contributed by atoms with E-state index in [9.17, 15) is 18.3 Å². The van der Waals surface area contributed by atoms with E-state index in [1.54, 1.807) is 29.2 Å². The molecule has 0 unspecified atom stereocenters. The van der Waals surface area contributed by atoms with Crippen LogP contribution < -0.4 is 9.46 Å². The van der Waals surface area contributed by atoms with Gasteiger partial charge in [-0.1, -0.05) is 35.3 Å². The topological polar surface area (TPSA) is 102 Å². The van der Waals surface area contributed by atoms with Gasteiger partial charge in [-0.3, -0.25) is 14.4 Å². The van der Waals surface area contributed by atoms with Crippen LogP contribution in [0.25, 0.3) is 0 Å². The van der Waals surface area contributed by atoms with Gasteiger partial charge in [0, 0.05) is 44.3 Å². The summed E-state index contributed by atoms with van der Waals surface area (Å²) in [7, 11) is -0.218. The highest BCUT2D eigenvalue weighted by Gasteiger charge is 2.27. The fraction of sp³-hybridized carbons (Fsp3) is 0.321. The summed E-state index contributed by atoms with van der Waals surface area (Å²) >= 11 is 12.3. The Balaban J connectivity index is 1.44. The lowest BCUT2D eigenvalue weighted by molar-refractivity contribution is 0.0480. The van der Waals surface area contributed by atoms with Crippen molar-refractivity contribution in [3.8, 4) is 11.5 Å². The number of anilines is 1. The van der Waals surface area contributed by atoms with Crippen molar-refractivity contribution in [1.29, 1.82) is 0 Å². The van der Waals surface area contributed by atoms with E-state index in [-0.39, 0.29) is 22.1 Å². The van der Waals surface area contributed by atoms with Gasteiger partial charge in [-0.05, 0) is 68.7 Å². The highest BCUT2D eigenvalue weighted by Crippen LogP contribution is 2.30. The number of amides is 1. The molecular formula is C28H32Cl2N4O5S. The molecule has 1 aliphatic rings. The first-order valence-electron chi connectivity index (χ1n) is 12.7. The van der Waals surface area contributed by atoms with Crippen molar-refractivity contribution >= 4 is 44.8 Å². The summed E-state index contributed by atoms with van der Waals surface area (Å²) in [6.45, 7) is 3.16. The van der Waals surface area contributed by atoms with Crippen molar-refractivity contribution in [1.82, 2.24) is 14.7 Å². The Morgan fingerprint density at radius 1 is 1.02 bits per heavy atom. The number of aliphatic hydroxyl groups excluding tert-OH is 1. The van der Waals surface area contributed by atoms with Gasteiger partial charge in [0.1, 0.15) is 11.5 Å². The van der Waals surface area contributed by atoms with Gasteiger partial charge in [0.15, 0.2) is 0 Å². The van der Waals surface area contributed by atoms with Crippen LogP contribution in [-0.4, -0.2) is 93.6 Å².